The lowest BCUT2D eigenvalue weighted by Gasteiger charge is -2.41. The molecule has 0 aliphatic heterocycles. The van der Waals surface area contributed by atoms with Crippen LogP contribution in [-0.2, 0) is 9.84 Å². The molecule has 20 heavy (non-hydrogen) atoms. The summed E-state index contributed by atoms with van der Waals surface area (Å²) in [6.45, 7) is 3.99. The van der Waals surface area contributed by atoms with Crippen LogP contribution >= 0.6 is 0 Å². The van der Waals surface area contributed by atoms with Crippen LogP contribution < -0.4 is 5.73 Å². The minimum Gasteiger partial charge on any atom is -0.330 e. The zero-order valence-corrected chi connectivity index (χ0v) is 13.7. The molecule has 0 radical (unpaired) electrons. The van der Waals surface area contributed by atoms with Crippen LogP contribution in [0.5, 0.6) is 0 Å². The summed E-state index contributed by atoms with van der Waals surface area (Å²) in [5.41, 5.74) is 5.92. The summed E-state index contributed by atoms with van der Waals surface area (Å²) in [4.78, 5) is 2.57. The molecule has 4 unspecified atom stereocenters. The highest BCUT2D eigenvalue weighted by Crippen LogP contribution is 2.35. The van der Waals surface area contributed by atoms with Crippen molar-refractivity contribution in [2.75, 3.05) is 19.3 Å². The predicted molar refractivity (Wildman–Crippen MR) is 83.5 cm³/mol. The van der Waals surface area contributed by atoms with E-state index in [1.54, 1.807) is 0 Å². The van der Waals surface area contributed by atoms with E-state index in [-0.39, 0.29) is 5.25 Å². The van der Waals surface area contributed by atoms with Crippen molar-refractivity contribution in [3.63, 3.8) is 0 Å². The Balaban J connectivity index is 2.07. The number of hydrogen-bond acceptors (Lipinski definition) is 4. The molecule has 2 aliphatic carbocycles. The number of nitrogens with zero attached hydrogens (tertiary/aromatic N) is 1. The maximum absolute atomic E-state index is 11.8. The highest BCUT2D eigenvalue weighted by molar-refractivity contribution is 7.91. The van der Waals surface area contributed by atoms with Gasteiger partial charge in [-0.3, -0.25) is 4.90 Å². The zero-order valence-electron chi connectivity index (χ0n) is 12.9. The van der Waals surface area contributed by atoms with Gasteiger partial charge in [-0.25, -0.2) is 8.42 Å². The van der Waals surface area contributed by atoms with E-state index in [2.05, 4.69) is 11.8 Å². The summed E-state index contributed by atoms with van der Waals surface area (Å²) in [5.74, 6) is 0.605. The first-order valence-electron chi connectivity index (χ1n) is 8.12. The van der Waals surface area contributed by atoms with E-state index in [0.717, 1.165) is 38.8 Å². The molecule has 0 amide bonds. The molecule has 2 aliphatic rings. The summed E-state index contributed by atoms with van der Waals surface area (Å²) in [7, 11) is -2.89. The van der Waals surface area contributed by atoms with Crippen LogP contribution in [0.25, 0.3) is 0 Å². The van der Waals surface area contributed by atoms with Crippen molar-refractivity contribution in [3.8, 4) is 0 Å². The van der Waals surface area contributed by atoms with Crippen LogP contribution in [0.15, 0.2) is 0 Å². The van der Waals surface area contributed by atoms with E-state index in [4.69, 9.17) is 5.73 Å². The monoisotopic (exact) mass is 302 g/mol. The van der Waals surface area contributed by atoms with Gasteiger partial charge in [-0.05, 0) is 51.1 Å². The minimum absolute atomic E-state index is 0.131. The molecule has 0 aromatic heterocycles. The Hall–Kier alpha value is -0.130. The molecule has 2 saturated carbocycles. The summed E-state index contributed by atoms with van der Waals surface area (Å²) in [5, 5.41) is -0.131. The third-order valence-corrected chi connectivity index (χ3v) is 7.02. The second-order valence-electron chi connectivity index (χ2n) is 6.60. The van der Waals surface area contributed by atoms with E-state index in [1.165, 1.54) is 25.5 Å². The Kier molecular flexibility index (Phi) is 5.49. The largest absolute Gasteiger partial charge is 0.330 e. The molecule has 5 heteroatoms. The Morgan fingerprint density at radius 1 is 1.15 bits per heavy atom. The van der Waals surface area contributed by atoms with Crippen LogP contribution in [0.4, 0.5) is 0 Å². The third kappa shape index (κ3) is 3.55. The molecule has 118 valence electrons. The Labute approximate surface area is 124 Å². The van der Waals surface area contributed by atoms with Crippen molar-refractivity contribution in [3.05, 3.63) is 0 Å². The van der Waals surface area contributed by atoms with Crippen molar-refractivity contribution in [2.24, 2.45) is 11.7 Å². The first-order chi connectivity index (χ1) is 9.47. The van der Waals surface area contributed by atoms with Crippen molar-refractivity contribution in [1.82, 2.24) is 4.90 Å². The molecular weight excluding hydrogens is 272 g/mol. The van der Waals surface area contributed by atoms with E-state index in [1.807, 2.05) is 0 Å². The van der Waals surface area contributed by atoms with Crippen LogP contribution in [-0.4, -0.2) is 50.0 Å². The fourth-order valence-electron chi connectivity index (χ4n) is 4.30. The van der Waals surface area contributed by atoms with Gasteiger partial charge >= 0.3 is 0 Å². The highest BCUT2D eigenvalue weighted by Gasteiger charge is 2.37. The van der Waals surface area contributed by atoms with Crippen molar-refractivity contribution in [2.45, 2.75) is 69.2 Å². The summed E-state index contributed by atoms with van der Waals surface area (Å²) >= 11 is 0. The van der Waals surface area contributed by atoms with Gasteiger partial charge in [0.25, 0.3) is 0 Å². The highest BCUT2D eigenvalue weighted by atomic mass is 32.2. The number of sulfone groups is 1. The number of rotatable bonds is 5. The van der Waals surface area contributed by atoms with Gasteiger partial charge < -0.3 is 5.73 Å². The summed E-state index contributed by atoms with van der Waals surface area (Å²) in [6, 6.07) is 1.01. The molecular formula is C15H30N2O2S. The fraction of sp³-hybridized carbons (Fsp3) is 1.00. The molecule has 4 atom stereocenters. The molecule has 0 spiro atoms. The van der Waals surface area contributed by atoms with Crippen LogP contribution in [0, 0.1) is 5.92 Å². The molecule has 0 aromatic carbocycles. The summed E-state index contributed by atoms with van der Waals surface area (Å²) in [6.07, 6.45) is 8.99. The van der Waals surface area contributed by atoms with Crippen LogP contribution in [0.3, 0.4) is 0 Å². The average molecular weight is 302 g/mol. The number of nitrogens with two attached hydrogens (primary N) is 1. The predicted octanol–water partition coefficient (Wildman–Crippen LogP) is 1.79. The average Bonchev–Trinajstić information content (AvgIpc) is 2.87. The van der Waals surface area contributed by atoms with Gasteiger partial charge in [0, 0.05) is 18.3 Å². The van der Waals surface area contributed by atoms with Gasteiger partial charge in [-0.2, -0.15) is 0 Å². The van der Waals surface area contributed by atoms with Crippen molar-refractivity contribution >= 4 is 9.84 Å². The fourth-order valence-corrected chi connectivity index (χ4v) is 5.47. The molecule has 2 N–H and O–H groups in total. The zero-order chi connectivity index (χ0) is 14.8. The first-order valence-corrected chi connectivity index (χ1v) is 10.1. The lowest BCUT2D eigenvalue weighted by atomic mass is 9.90. The second kappa shape index (κ2) is 6.75. The van der Waals surface area contributed by atoms with Crippen LogP contribution in [0.2, 0.25) is 0 Å². The lowest BCUT2D eigenvalue weighted by Crippen LogP contribution is -2.49. The normalized spacial score (nSPS) is 35.6. The molecule has 0 saturated heterocycles. The maximum atomic E-state index is 11.8. The third-order valence-electron chi connectivity index (χ3n) is 5.39. The topological polar surface area (TPSA) is 63.4 Å². The second-order valence-corrected chi connectivity index (χ2v) is 8.92. The molecule has 0 heterocycles. The smallest absolute Gasteiger partial charge is 0.150 e. The molecule has 0 aromatic rings. The maximum Gasteiger partial charge on any atom is 0.150 e. The van der Waals surface area contributed by atoms with E-state index in [9.17, 15) is 8.42 Å². The first kappa shape index (κ1) is 16.2. The van der Waals surface area contributed by atoms with Gasteiger partial charge in [-0.1, -0.05) is 19.8 Å². The SMILES string of the molecule is CCN(C1CCCC(S(C)(=O)=O)C1)C1CCCC1CN. The van der Waals surface area contributed by atoms with Gasteiger partial charge in [0.15, 0.2) is 0 Å². The molecule has 2 rings (SSSR count). The van der Waals surface area contributed by atoms with Crippen LogP contribution in [0.1, 0.15) is 51.9 Å². The molecule has 0 bridgehead atoms. The van der Waals surface area contributed by atoms with E-state index in [0.29, 0.717) is 18.0 Å². The van der Waals surface area contributed by atoms with Crippen molar-refractivity contribution in [1.29, 1.82) is 0 Å². The molecule has 2 fully saturated rings. The van der Waals surface area contributed by atoms with Gasteiger partial charge in [0.2, 0.25) is 0 Å². The Morgan fingerprint density at radius 2 is 1.85 bits per heavy atom. The standard InChI is InChI=1S/C15H30N2O2S/c1-3-17(15-9-4-6-12(15)11-16)13-7-5-8-14(10-13)20(2,18)19/h12-15H,3-11,16H2,1-2H3. The quantitative estimate of drug-likeness (QED) is 0.841. The van der Waals surface area contributed by atoms with Gasteiger partial charge in [0.1, 0.15) is 9.84 Å². The summed E-state index contributed by atoms with van der Waals surface area (Å²) < 4.78 is 23.7. The van der Waals surface area contributed by atoms with Gasteiger partial charge in [-0.15, -0.1) is 0 Å². The van der Waals surface area contributed by atoms with Crippen molar-refractivity contribution < 1.29 is 8.42 Å². The Morgan fingerprint density at radius 3 is 2.45 bits per heavy atom. The Bertz CT molecular complexity index is 410. The minimum atomic E-state index is -2.89. The van der Waals surface area contributed by atoms with E-state index < -0.39 is 9.84 Å². The van der Waals surface area contributed by atoms with E-state index >= 15 is 0 Å². The number of hydrogen-bond donors (Lipinski definition) is 1. The lowest BCUT2D eigenvalue weighted by molar-refractivity contribution is 0.0903. The molecule has 4 nitrogen and oxygen atoms in total. The van der Waals surface area contributed by atoms with Gasteiger partial charge in [0.05, 0.1) is 5.25 Å².